The van der Waals surface area contributed by atoms with E-state index >= 15 is 0 Å². The summed E-state index contributed by atoms with van der Waals surface area (Å²) in [5.41, 5.74) is 0. The van der Waals surface area contributed by atoms with Crippen molar-refractivity contribution >= 4 is 0 Å². The van der Waals surface area contributed by atoms with Gasteiger partial charge in [0.15, 0.2) is 0 Å². The molecule has 1 fully saturated rings. The fourth-order valence-corrected chi connectivity index (χ4v) is 1.07. The van der Waals surface area contributed by atoms with E-state index in [9.17, 15) is 0 Å². The molecule has 48 valence electrons. The SMILES string of the molecule is [CH2-]N1C[C@H](O)C[C@@H]1C. The highest BCUT2D eigenvalue weighted by molar-refractivity contribution is 4.80. The Bertz CT molecular complexity index is 74.6. The van der Waals surface area contributed by atoms with Crippen molar-refractivity contribution in [2.45, 2.75) is 25.5 Å². The first-order valence-corrected chi connectivity index (χ1v) is 2.95. The molecular formula is C6H12NO-. The number of hydrogen-bond acceptors (Lipinski definition) is 2. The summed E-state index contributed by atoms with van der Waals surface area (Å²) < 4.78 is 0. The van der Waals surface area contributed by atoms with E-state index in [1.54, 1.807) is 0 Å². The first-order valence-electron chi connectivity index (χ1n) is 2.95. The lowest BCUT2D eigenvalue weighted by molar-refractivity contribution is 0.185. The Hall–Kier alpha value is -0.0800. The number of aliphatic hydroxyl groups is 1. The maximum atomic E-state index is 8.99. The third kappa shape index (κ3) is 1.01. The van der Waals surface area contributed by atoms with Gasteiger partial charge in [0.05, 0.1) is 6.10 Å². The van der Waals surface area contributed by atoms with Crippen molar-refractivity contribution in [2.24, 2.45) is 0 Å². The summed E-state index contributed by atoms with van der Waals surface area (Å²) in [6.07, 6.45) is 0.742. The zero-order valence-electron chi connectivity index (χ0n) is 5.17. The average Bonchev–Trinajstić information content (AvgIpc) is 1.85. The molecule has 1 rings (SSSR count). The zero-order valence-corrected chi connectivity index (χ0v) is 5.17. The predicted octanol–water partition coefficient (Wildman–Crippen LogP) is 0.233. The zero-order chi connectivity index (χ0) is 6.15. The van der Waals surface area contributed by atoms with Gasteiger partial charge in [0, 0.05) is 0 Å². The van der Waals surface area contributed by atoms with E-state index < -0.39 is 0 Å². The van der Waals surface area contributed by atoms with Gasteiger partial charge in [-0.2, -0.15) is 0 Å². The highest BCUT2D eigenvalue weighted by Gasteiger charge is 2.19. The van der Waals surface area contributed by atoms with Crippen LogP contribution in [0.2, 0.25) is 0 Å². The molecule has 1 N–H and O–H groups in total. The maximum Gasteiger partial charge on any atom is 0.0657 e. The van der Waals surface area contributed by atoms with E-state index in [1.165, 1.54) is 0 Å². The van der Waals surface area contributed by atoms with E-state index in [0.717, 1.165) is 13.0 Å². The quantitative estimate of drug-likeness (QED) is 0.456. The lowest BCUT2D eigenvalue weighted by Gasteiger charge is -2.22. The Labute approximate surface area is 50.1 Å². The van der Waals surface area contributed by atoms with Crippen LogP contribution in [-0.4, -0.2) is 28.7 Å². The molecule has 0 saturated carbocycles. The third-order valence-corrected chi connectivity index (χ3v) is 1.68. The van der Waals surface area contributed by atoms with Crippen molar-refractivity contribution in [1.29, 1.82) is 0 Å². The molecule has 2 atom stereocenters. The molecule has 0 bridgehead atoms. The number of likely N-dealkylation sites (tertiary alicyclic amines) is 1. The molecule has 0 aliphatic carbocycles. The van der Waals surface area contributed by atoms with Crippen LogP contribution in [0.3, 0.4) is 0 Å². The Balaban J connectivity index is 2.39. The largest absolute Gasteiger partial charge is 0.455 e. The molecule has 0 aromatic carbocycles. The number of β-amino-alcohol motifs (C(OH)–C–C–N with tert-alkyl or cyclic N) is 1. The van der Waals surface area contributed by atoms with Gasteiger partial charge >= 0.3 is 0 Å². The van der Waals surface area contributed by atoms with Crippen LogP contribution >= 0.6 is 0 Å². The number of hydrogen-bond donors (Lipinski definition) is 1. The minimum atomic E-state index is -0.137. The van der Waals surface area contributed by atoms with Crippen LogP contribution in [0.5, 0.6) is 0 Å². The second-order valence-electron chi connectivity index (χ2n) is 2.51. The van der Waals surface area contributed by atoms with Gasteiger partial charge < -0.3 is 10.0 Å². The average molecular weight is 114 g/mol. The summed E-state index contributed by atoms with van der Waals surface area (Å²) in [5.74, 6) is 0. The Morgan fingerprint density at radius 1 is 1.75 bits per heavy atom. The van der Waals surface area contributed by atoms with Gasteiger partial charge in [0.2, 0.25) is 0 Å². The van der Waals surface area contributed by atoms with Crippen molar-refractivity contribution in [2.75, 3.05) is 6.54 Å². The first kappa shape index (κ1) is 6.05. The summed E-state index contributed by atoms with van der Waals surface area (Å²) in [6.45, 7) is 2.81. The number of aliphatic hydroxyl groups excluding tert-OH is 1. The fraction of sp³-hybridized carbons (Fsp3) is 0.833. The molecule has 1 aliphatic heterocycles. The van der Waals surface area contributed by atoms with E-state index in [1.807, 2.05) is 4.90 Å². The molecule has 2 nitrogen and oxygen atoms in total. The van der Waals surface area contributed by atoms with Gasteiger partial charge in [0.25, 0.3) is 0 Å². The van der Waals surface area contributed by atoms with Crippen LogP contribution in [0.1, 0.15) is 13.3 Å². The van der Waals surface area contributed by atoms with Crippen molar-refractivity contribution in [3.8, 4) is 0 Å². The van der Waals surface area contributed by atoms with Crippen LogP contribution < -0.4 is 0 Å². The predicted molar refractivity (Wildman–Crippen MR) is 32.1 cm³/mol. The standard InChI is InChI=1S/C6H12NO/c1-5-3-6(8)4-7(5)2/h5-6,8H,2-4H2,1H3/q-1/t5-,6+/m0/s1. The monoisotopic (exact) mass is 114 g/mol. The fourth-order valence-electron chi connectivity index (χ4n) is 1.07. The van der Waals surface area contributed by atoms with Crippen molar-refractivity contribution in [3.05, 3.63) is 7.05 Å². The van der Waals surface area contributed by atoms with Crippen molar-refractivity contribution < 1.29 is 5.11 Å². The Morgan fingerprint density at radius 3 is 2.50 bits per heavy atom. The normalized spacial score (nSPS) is 40.9. The molecule has 2 heteroatoms. The van der Waals surface area contributed by atoms with Crippen molar-refractivity contribution in [1.82, 2.24) is 4.90 Å². The summed E-state index contributed by atoms with van der Waals surface area (Å²) in [4.78, 5) is 1.92. The van der Waals surface area contributed by atoms with Gasteiger partial charge in [-0.05, 0) is 19.0 Å². The third-order valence-electron chi connectivity index (χ3n) is 1.68. The highest BCUT2D eigenvalue weighted by atomic mass is 16.3. The topological polar surface area (TPSA) is 23.5 Å². The van der Waals surface area contributed by atoms with E-state index in [-0.39, 0.29) is 6.10 Å². The van der Waals surface area contributed by atoms with Crippen LogP contribution in [0.4, 0.5) is 0 Å². The van der Waals surface area contributed by atoms with Crippen LogP contribution in [-0.2, 0) is 0 Å². The Kier molecular flexibility index (Phi) is 1.54. The minimum Gasteiger partial charge on any atom is -0.455 e. The van der Waals surface area contributed by atoms with Crippen LogP contribution in [0, 0.1) is 7.05 Å². The molecule has 8 heavy (non-hydrogen) atoms. The van der Waals surface area contributed by atoms with E-state index in [2.05, 4.69) is 14.0 Å². The van der Waals surface area contributed by atoms with Gasteiger partial charge in [-0.15, -0.1) is 0 Å². The minimum absolute atomic E-state index is 0.137. The van der Waals surface area contributed by atoms with E-state index in [0.29, 0.717) is 6.04 Å². The molecule has 0 radical (unpaired) electrons. The number of rotatable bonds is 0. The van der Waals surface area contributed by atoms with E-state index in [4.69, 9.17) is 5.11 Å². The maximum absolute atomic E-state index is 8.99. The lowest BCUT2D eigenvalue weighted by Crippen LogP contribution is -2.19. The number of nitrogens with zero attached hydrogens (tertiary/aromatic N) is 1. The molecule has 1 saturated heterocycles. The molecule has 1 heterocycles. The molecular weight excluding hydrogens is 102 g/mol. The summed E-state index contributed by atoms with van der Waals surface area (Å²) in [5, 5.41) is 8.99. The van der Waals surface area contributed by atoms with Gasteiger partial charge in [-0.3, -0.25) is 7.05 Å². The summed E-state index contributed by atoms with van der Waals surface area (Å²) in [7, 11) is 3.74. The molecule has 1 aliphatic rings. The van der Waals surface area contributed by atoms with Gasteiger partial charge in [0.1, 0.15) is 0 Å². The summed E-state index contributed by atoms with van der Waals surface area (Å²) in [6, 6.07) is 0.463. The second-order valence-corrected chi connectivity index (χ2v) is 2.51. The molecule has 0 aromatic rings. The summed E-state index contributed by atoms with van der Waals surface area (Å²) >= 11 is 0. The lowest BCUT2D eigenvalue weighted by atomic mass is 10.2. The smallest absolute Gasteiger partial charge is 0.0657 e. The molecule has 0 spiro atoms. The molecule has 0 amide bonds. The highest BCUT2D eigenvalue weighted by Crippen LogP contribution is 2.14. The van der Waals surface area contributed by atoms with Crippen LogP contribution in [0.15, 0.2) is 0 Å². The first-order chi connectivity index (χ1) is 3.70. The second kappa shape index (κ2) is 2.03. The molecule has 0 aromatic heterocycles. The van der Waals surface area contributed by atoms with Gasteiger partial charge in [-0.1, -0.05) is 6.92 Å². The molecule has 0 unspecified atom stereocenters. The Morgan fingerprint density at radius 2 is 2.38 bits per heavy atom. The van der Waals surface area contributed by atoms with Gasteiger partial charge in [-0.25, -0.2) is 0 Å². The van der Waals surface area contributed by atoms with Crippen molar-refractivity contribution in [3.63, 3.8) is 0 Å². The van der Waals surface area contributed by atoms with Crippen LogP contribution in [0.25, 0.3) is 0 Å².